The summed E-state index contributed by atoms with van der Waals surface area (Å²) in [6.07, 6.45) is 2.42. The van der Waals surface area contributed by atoms with Gasteiger partial charge in [0.1, 0.15) is 0 Å². The fourth-order valence-corrected chi connectivity index (χ4v) is 2.97. The summed E-state index contributed by atoms with van der Waals surface area (Å²) in [7, 11) is 0. The number of aromatic nitrogens is 1. The molecule has 2 N–H and O–H groups in total. The number of amides is 1. The Morgan fingerprint density at radius 1 is 0.828 bits per heavy atom. The summed E-state index contributed by atoms with van der Waals surface area (Å²) in [5.74, 6) is 1.17. The Kier molecular flexibility index (Phi) is 5.67. The van der Waals surface area contributed by atoms with Crippen LogP contribution in [0, 0.1) is 0 Å². The van der Waals surface area contributed by atoms with Crippen LogP contribution < -0.4 is 10.6 Å². The molecule has 3 aromatic carbocycles. The minimum atomic E-state index is -0.0910. The number of benzene rings is 3. The second-order valence-electron chi connectivity index (χ2n) is 6.57. The molecular weight excluding hydrogens is 362 g/mol. The van der Waals surface area contributed by atoms with Crippen molar-refractivity contribution in [3.8, 4) is 11.3 Å². The van der Waals surface area contributed by atoms with Crippen LogP contribution in [0.5, 0.6) is 0 Å². The molecule has 5 nitrogen and oxygen atoms in total. The number of carbonyl (C=O) groups is 1. The van der Waals surface area contributed by atoms with E-state index in [2.05, 4.69) is 15.6 Å². The number of hydrogen-bond donors (Lipinski definition) is 2. The van der Waals surface area contributed by atoms with Gasteiger partial charge in [0, 0.05) is 24.1 Å². The average molecular weight is 383 g/mol. The van der Waals surface area contributed by atoms with Crippen LogP contribution in [0.2, 0.25) is 0 Å². The van der Waals surface area contributed by atoms with Crippen molar-refractivity contribution in [2.45, 2.75) is 12.8 Å². The zero-order chi connectivity index (χ0) is 19.9. The van der Waals surface area contributed by atoms with Crippen LogP contribution in [0.15, 0.2) is 95.5 Å². The Labute approximate surface area is 169 Å². The third kappa shape index (κ3) is 4.90. The molecule has 29 heavy (non-hydrogen) atoms. The molecule has 1 heterocycles. The molecule has 0 spiro atoms. The Balaban J connectivity index is 1.36. The van der Waals surface area contributed by atoms with Gasteiger partial charge in [0.05, 0.1) is 17.6 Å². The SMILES string of the molecule is O=C(CCc1ncc(-c2ccccc2)o1)Nc1ccccc1Nc1ccccc1. The number of rotatable bonds is 7. The van der Waals surface area contributed by atoms with Gasteiger partial charge in [-0.15, -0.1) is 0 Å². The highest BCUT2D eigenvalue weighted by molar-refractivity contribution is 5.94. The summed E-state index contributed by atoms with van der Waals surface area (Å²) < 4.78 is 5.77. The first-order chi connectivity index (χ1) is 14.3. The molecule has 144 valence electrons. The van der Waals surface area contributed by atoms with Crippen LogP contribution in [-0.2, 0) is 11.2 Å². The Hall–Kier alpha value is -3.86. The van der Waals surface area contributed by atoms with Gasteiger partial charge in [0.25, 0.3) is 0 Å². The first-order valence-corrected chi connectivity index (χ1v) is 9.49. The lowest BCUT2D eigenvalue weighted by Crippen LogP contribution is -2.13. The minimum absolute atomic E-state index is 0.0910. The molecule has 0 aliphatic heterocycles. The second-order valence-corrected chi connectivity index (χ2v) is 6.57. The molecule has 0 saturated heterocycles. The van der Waals surface area contributed by atoms with Crippen molar-refractivity contribution in [2.75, 3.05) is 10.6 Å². The van der Waals surface area contributed by atoms with E-state index in [1.165, 1.54) is 0 Å². The molecule has 0 saturated carbocycles. The standard InChI is InChI=1S/C24H21N3O2/c28-23(15-16-24-25-17-22(29-24)18-9-3-1-4-10-18)27-21-14-8-7-13-20(21)26-19-11-5-2-6-12-19/h1-14,17,26H,15-16H2,(H,27,28). The first kappa shape index (κ1) is 18.5. The van der Waals surface area contributed by atoms with Gasteiger partial charge in [0.15, 0.2) is 11.7 Å². The minimum Gasteiger partial charge on any atom is -0.441 e. The van der Waals surface area contributed by atoms with Gasteiger partial charge in [-0.25, -0.2) is 4.98 Å². The van der Waals surface area contributed by atoms with E-state index in [9.17, 15) is 4.79 Å². The predicted octanol–water partition coefficient (Wildman–Crippen LogP) is 5.66. The number of nitrogens with zero attached hydrogens (tertiary/aromatic N) is 1. The highest BCUT2D eigenvalue weighted by Gasteiger charge is 2.11. The van der Waals surface area contributed by atoms with Crippen LogP contribution in [0.1, 0.15) is 12.3 Å². The summed E-state index contributed by atoms with van der Waals surface area (Å²) in [5.41, 5.74) is 3.51. The largest absolute Gasteiger partial charge is 0.441 e. The third-order valence-corrected chi connectivity index (χ3v) is 4.43. The van der Waals surface area contributed by atoms with E-state index in [-0.39, 0.29) is 12.3 Å². The molecule has 0 atom stereocenters. The first-order valence-electron chi connectivity index (χ1n) is 9.49. The maximum Gasteiger partial charge on any atom is 0.224 e. The van der Waals surface area contributed by atoms with E-state index in [0.29, 0.717) is 18.1 Å². The number of nitrogens with one attached hydrogen (secondary N) is 2. The zero-order valence-electron chi connectivity index (χ0n) is 15.8. The lowest BCUT2D eigenvalue weighted by Gasteiger charge is -2.13. The van der Waals surface area contributed by atoms with Gasteiger partial charge in [-0.1, -0.05) is 60.7 Å². The Bertz CT molecular complexity index is 1080. The number of anilines is 3. The van der Waals surface area contributed by atoms with E-state index in [4.69, 9.17) is 4.42 Å². The summed E-state index contributed by atoms with van der Waals surface area (Å²) in [6.45, 7) is 0. The van der Waals surface area contributed by atoms with Crippen LogP contribution in [0.4, 0.5) is 17.1 Å². The molecule has 0 radical (unpaired) electrons. The van der Waals surface area contributed by atoms with Crippen LogP contribution in [0.3, 0.4) is 0 Å². The molecule has 0 bridgehead atoms. The fourth-order valence-electron chi connectivity index (χ4n) is 2.97. The van der Waals surface area contributed by atoms with Gasteiger partial charge >= 0.3 is 0 Å². The van der Waals surface area contributed by atoms with Crippen molar-refractivity contribution in [3.63, 3.8) is 0 Å². The molecule has 4 aromatic rings. The van der Waals surface area contributed by atoms with E-state index >= 15 is 0 Å². The topological polar surface area (TPSA) is 67.2 Å². The number of para-hydroxylation sites is 3. The molecule has 0 fully saturated rings. The lowest BCUT2D eigenvalue weighted by atomic mass is 10.2. The molecule has 1 aromatic heterocycles. The maximum absolute atomic E-state index is 12.5. The van der Waals surface area contributed by atoms with Gasteiger partial charge < -0.3 is 15.1 Å². The predicted molar refractivity (Wildman–Crippen MR) is 115 cm³/mol. The van der Waals surface area contributed by atoms with Crippen LogP contribution >= 0.6 is 0 Å². The summed E-state index contributed by atoms with van der Waals surface area (Å²) in [4.78, 5) is 16.7. The smallest absolute Gasteiger partial charge is 0.224 e. The van der Waals surface area contributed by atoms with Crippen molar-refractivity contribution in [3.05, 3.63) is 97.0 Å². The van der Waals surface area contributed by atoms with Crippen LogP contribution in [0.25, 0.3) is 11.3 Å². The third-order valence-electron chi connectivity index (χ3n) is 4.43. The van der Waals surface area contributed by atoms with Crippen molar-refractivity contribution < 1.29 is 9.21 Å². The summed E-state index contributed by atoms with van der Waals surface area (Å²) in [6, 6.07) is 27.3. The van der Waals surface area contributed by atoms with Gasteiger partial charge in [-0.2, -0.15) is 0 Å². The molecule has 0 aliphatic carbocycles. The lowest BCUT2D eigenvalue weighted by molar-refractivity contribution is -0.116. The van der Waals surface area contributed by atoms with Crippen molar-refractivity contribution in [1.29, 1.82) is 0 Å². The van der Waals surface area contributed by atoms with E-state index < -0.39 is 0 Å². The molecular formula is C24H21N3O2. The van der Waals surface area contributed by atoms with E-state index in [0.717, 1.165) is 22.6 Å². The average Bonchev–Trinajstić information content (AvgIpc) is 3.24. The van der Waals surface area contributed by atoms with Crippen molar-refractivity contribution in [1.82, 2.24) is 4.98 Å². The summed E-state index contributed by atoms with van der Waals surface area (Å²) >= 11 is 0. The Morgan fingerprint density at radius 2 is 1.48 bits per heavy atom. The van der Waals surface area contributed by atoms with Crippen molar-refractivity contribution >= 4 is 23.0 Å². The van der Waals surface area contributed by atoms with Gasteiger partial charge in [-0.3, -0.25) is 4.79 Å². The normalized spacial score (nSPS) is 10.5. The number of oxazole rings is 1. The molecule has 0 aliphatic rings. The van der Waals surface area contributed by atoms with E-state index in [1.807, 2.05) is 84.9 Å². The number of hydrogen-bond acceptors (Lipinski definition) is 4. The zero-order valence-corrected chi connectivity index (χ0v) is 15.8. The van der Waals surface area contributed by atoms with Gasteiger partial charge in [0.2, 0.25) is 5.91 Å². The molecule has 0 unspecified atom stereocenters. The monoisotopic (exact) mass is 383 g/mol. The van der Waals surface area contributed by atoms with Crippen LogP contribution in [-0.4, -0.2) is 10.9 Å². The number of carbonyl (C=O) groups excluding carboxylic acids is 1. The highest BCUT2D eigenvalue weighted by Crippen LogP contribution is 2.25. The molecule has 1 amide bonds. The maximum atomic E-state index is 12.5. The van der Waals surface area contributed by atoms with E-state index in [1.54, 1.807) is 6.20 Å². The fraction of sp³-hybridized carbons (Fsp3) is 0.0833. The summed E-state index contributed by atoms with van der Waals surface area (Å²) in [5, 5.41) is 6.30. The second kappa shape index (κ2) is 8.89. The quantitative estimate of drug-likeness (QED) is 0.432. The number of aryl methyl sites for hydroxylation is 1. The van der Waals surface area contributed by atoms with Crippen molar-refractivity contribution in [2.24, 2.45) is 0 Å². The highest BCUT2D eigenvalue weighted by atomic mass is 16.4. The Morgan fingerprint density at radius 3 is 2.24 bits per heavy atom. The van der Waals surface area contributed by atoms with Gasteiger partial charge in [-0.05, 0) is 24.3 Å². The molecule has 5 heteroatoms. The molecule has 4 rings (SSSR count).